The molecule has 2 rings (SSSR count). The van der Waals surface area contributed by atoms with Gasteiger partial charge in [-0.15, -0.1) is 0 Å². The zero-order valence-electron chi connectivity index (χ0n) is 10.2. The van der Waals surface area contributed by atoms with Crippen LogP contribution in [0.25, 0.3) is 0 Å². The molecule has 0 radical (unpaired) electrons. The Hall–Kier alpha value is -1.58. The monoisotopic (exact) mass is 262 g/mol. The van der Waals surface area contributed by atoms with Gasteiger partial charge in [-0.2, -0.15) is 0 Å². The van der Waals surface area contributed by atoms with E-state index in [1.54, 1.807) is 6.20 Å². The zero-order chi connectivity index (χ0) is 13.0. The Balaban J connectivity index is 2.13. The summed E-state index contributed by atoms with van der Waals surface area (Å²) in [7, 11) is 2.00. The predicted octanol–water partition coefficient (Wildman–Crippen LogP) is 2.86. The number of hydrogen-bond acceptors (Lipinski definition) is 3. The van der Waals surface area contributed by atoms with Crippen LogP contribution >= 0.6 is 11.6 Å². The van der Waals surface area contributed by atoms with Crippen LogP contribution in [-0.4, -0.2) is 17.1 Å². The summed E-state index contributed by atoms with van der Waals surface area (Å²) in [6.07, 6.45) is 1.70. The number of aliphatic hydroxyl groups excluding tert-OH is 1. The Morgan fingerprint density at radius 1 is 1.28 bits per heavy atom. The van der Waals surface area contributed by atoms with Gasteiger partial charge < -0.3 is 10.0 Å². The standard InChI is InChI=1S/C14H15ClN2O/c1-17(9-11-3-2-4-12(15)7-11)14-5-6-16-13(8-14)10-18/h2-8,18H,9-10H2,1H3. The van der Waals surface area contributed by atoms with Crippen molar-refractivity contribution < 1.29 is 5.11 Å². The van der Waals surface area contributed by atoms with Crippen molar-refractivity contribution in [2.45, 2.75) is 13.2 Å². The molecule has 0 unspecified atom stereocenters. The number of benzene rings is 1. The van der Waals surface area contributed by atoms with Crippen LogP contribution in [0.1, 0.15) is 11.3 Å². The third-order valence-corrected chi connectivity index (χ3v) is 2.95. The Morgan fingerprint density at radius 2 is 2.11 bits per heavy atom. The van der Waals surface area contributed by atoms with Gasteiger partial charge in [-0.3, -0.25) is 4.98 Å². The SMILES string of the molecule is CN(Cc1cccc(Cl)c1)c1ccnc(CO)c1. The minimum Gasteiger partial charge on any atom is -0.390 e. The Morgan fingerprint density at radius 3 is 2.83 bits per heavy atom. The summed E-state index contributed by atoms with van der Waals surface area (Å²) in [4.78, 5) is 6.15. The van der Waals surface area contributed by atoms with Gasteiger partial charge in [0.05, 0.1) is 12.3 Å². The van der Waals surface area contributed by atoms with Crippen molar-refractivity contribution in [2.24, 2.45) is 0 Å². The van der Waals surface area contributed by atoms with Crippen LogP contribution in [0.2, 0.25) is 5.02 Å². The maximum atomic E-state index is 9.07. The van der Waals surface area contributed by atoms with Gasteiger partial charge in [0, 0.05) is 30.5 Å². The lowest BCUT2D eigenvalue weighted by molar-refractivity contribution is 0.277. The van der Waals surface area contributed by atoms with E-state index in [9.17, 15) is 0 Å². The van der Waals surface area contributed by atoms with Crippen LogP contribution in [-0.2, 0) is 13.2 Å². The van der Waals surface area contributed by atoms with Crippen LogP contribution in [0.3, 0.4) is 0 Å². The van der Waals surface area contributed by atoms with Crippen LogP contribution < -0.4 is 4.90 Å². The first-order chi connectivity index (χ1) is 8.69. The number of pyridine rings is 1. The van der Waals surface area contributed by atoms with Gasteiger partial charge in [-0.05, 0) is 29.8 Å². The van der Waals surface area contributed by atoms with Gasteiger partial charge in [0.2, 0.25) is 0 Å². The lowest BCUT2D eigenvalue weighted by Gasteiger charge is -2.19. The first-order valence-electron chi connectivity index (χ1n) is 5.70. The molecule has 0 spiro atoms. The molecule has 0 saturated carbocycles. The maximum absolute atomic E-state index is 9.07. The highest BCUT2D eigenvalue weighted by Crippen LogP contribution is 2.17. The Labute approximate surface area is 112 Å². The highest BCUT2D eigenvalue weighted by Gasteiger charge is 2.04. The topological polar surface area (TPSA) is 36.4 Å². The summed E-state index contributed by atoms with van der Waals surface area (Å²) in [5.41, 5.74) is 2.84. The number of nitrogens with zero attached hydrogens (tertiary/aromatic N) is 2. The van der Waals surface area contributed by atoms with E-state index in [4.69, 9.17) is 16.7 Å². The van der Waals surface area contributed by atoms with E-state index in [0.29, 0.717) is 5.69 Å². The van der Waals surface area contributed by atoms with E-state index < -0.39 is 0 Å². The molecule has 0 bridgehead atoms. The minimum atomic E-state index is -0.0428. The summed E-state index contributed by atoms with van der Waals surface area (Å²) in [6.45, 7) is 0.717. The summed E-state index contributed by atoms with van der Waals surface area (Å²) in [5, 5.41) is 9.81. The van der Waals surface area contributed by atoms with Gasteiger partial charge in [0.1, 0.15) is 0 Å². The summed E-state index contributed by atoms with van der Waals surface area (Å²) in [6, 6.07) is 11.6. The smallest absolute Gasteiger partial charge is 0.0853 e. The van der Waals surface area contributed by atoms with Crippen LogP contribution in [0.5, 0.6) is 0 Å². The van der Waals surface area contributed by atoms with Crippen molar-refractivity contribution in [2.75, 3.05) is 11.9 Å². The highest BCUT2D eigenvalue weighted by molar-refractivity contribution is 6.30. The van der Waals surface area contributed by atoms with Gasteiger partial charge in [-0.1, -0.05) is 23.7 Å². The lowest BCUT2D eigenvalue weighted by atomic mass is 10.2. The largest absolute Gasteiger partial charge is 0.390 e. The number of hydrogen-bond donors (Lipinski definition) is 1. The van der Waals surface area contributed by atoms with Crippen LogP contribution in [0.15, 0.2) is 42.6 Å². The fraction of sp³-hybridized carbons (Fsp3) is 0.214. The first-order valence-corrected chi connectivity index (χ1v) is 6.08. The zero-order valence-corrected chi connectivity index (χ0v) is 10.9. The van der Waals surface area contributed by atoms with Crippen LogP contribution in [0, 0.1) is 0 Å². The average Bonchev–Trinajstić information content (AvgIpc) is 2.39. The molecule has 3 nitrogen and oxygen atoms in total. The van der Waals surface area contributed by atoms with E-state index in [-0.39, 0.29) is 6.61 Å². The Kier molecular flexibility index (Phi) is 4.18. The molecule has 0 fully saturated rings. The quantitative estimate of drug-likeness (QED) is 0.921. The van der Waals surface area contributed by atoms with E-state index in [0.717, 1.165) is 22.8 Å². The van der Waals surface area contributed by atoms with Crippen molar-refractivity contribution in [1.29, 1.82) is 0 Å². The van der Waals surface area contributed by atoms with Crippen molar-refractivity contribution >= 4 is 17.3 Å². The number of aliphatic hydroxyl groups is 1. The molecule has 0 aliphatic heterocycles. The summed E-state index contributed by atoms with van der Waals surface area (Å²) in [5.74, 6) is 0. The van der Waals surface area contributed by atoms with Crippen molar-refractivity contribution in [3.8, 4) is 0 Å². The second-order valence-electron chi connectivity index (χ2n) is 4.15. The lowest BCUT2D eigenvalue weighted by Crippen LogP contribution is -2.16. The normalized spacial score (nSPS) is 10.4. The summed E-state index contributed by atoms with van der Waals surface area (Å²) >= 11 is 5.96. The fourth-order valence-electron chi connectivity index (χ4n) is 1.79. The first kappa shape index (κ1) is 12.9. The molecule has 0 atom stereocenters. The maximum Gasteiger partial charge on any atom is 0.0853 e. The molecule has 1 aromatic heterocycles. The molecule has 18 heavy (non-hydrogen) atoms. The molecule has 1 heterocycles. The number of aromatic nitrogens is 1. The van der Waals surface area contributed by atoms with Crippen molar-refractivity contribution in [3.05, 3.63) is 58.9 Å². The van der Waals surface area contributed by atoms with E-state index >= 15 is 0 Å². The molecule has 0 aliphatic carbocycles. The highest BCUT2D eigenvalue weighted by atomic mass is 35.5. The van der Waals surface area contributed by atoms with E-state index in [1.807, 2.05) is 43.4 Å². The second-order valence-corrected chi connectivity index (χ2v) is 4.59. The van der Waals surface area contributed by atoms with E-state index in [2.05, 4.69) is 9.88 Å². The third kappa shape index (κ3) is 3.22. The molecule has 94 valence electrons. The van der Waals surface area contributed by atoms with Gasteiger partial charge >= 0.3 is 0 Å². The molecule has 0 saturated heterocycles. The van der Waals surface area contributed by atoms with Crippen molar-refractivity contribution in [1.82, 2.24) is 4.98 Å². The number of halogens is 1. The predicted molar refractivity (Wildman–Crippen MR) is 73.7 cm³/mol. The third-order valence-electron chi connectivity index (χ3n) is 2.71. The van der Waals surface area contributed by atoms with Gasteiger partial charge in [0.25, 0.3) is 0 Å². The second kappa shape index (κ2) is 5.85. The molecule has 0 aliphatic rings. The summed E-state index contributed by atoms with van der Waals surface area (Å²) < 4.78 is 0. The molecule has 0 amide bonds. The van der Waals surface area contributed by atoms with Crippen molar-refractivity contribution in [3.63, 3.8) is 0 Å². The van der Waals surface area contributed by atoms with Gasteiger partial charge in [-0.25, -0.2) is 0 Å². The fourth-order valence-corrected chi connectivity index (χ4v) is 2.00. The Bertz CT molecular complexity index is 531. The minimum absolute atomic E-state index is 0.0428. The van der Waals surface area contributed by atoms with E-state index in [1.165, 1.54) is 0 Å². The molecule has 4 heteroatoms. The number of rotatable bonds is 4. The molecule has 2 aromatic rings. The molecular formula is C14H15ClN2O. The molecule has 1 aromatic carbocycles. The molecular weight excluding hydrogens is 248 g/mol. The van der Waals surface area contributed by atoms with Crippen LogP contribution in [0.4, 0.5) is 5.69 Å². The van der Waals surface area contributed by atoms with Gasteiger partial charge in [0.15, 0.2) is 0 Å². The number of anilines is 1. The molecule has 1 N–H and O–H groups in total. The average molecular weight is 263 g/mol.